The number of hydrogen-bond donors (Lipinski definition) is 2. The molecule has 0 bridgehead atoms. The zero-order valence-corrected chi connectivity index (χ0v) is 12.7. The summed E-state index contributed by atoms with van der Waals surface area (Å²) in [5.41, 5.74) is 2.35. The Morgan fingerprint density at radius 1 is 1.40 bits per heavy atom. The topological polar surface area (TPSA) is 88.3 Å². The number of piperidine rings is 1. The molecule has 0 unspecified atom stereocenters. The van der Waals surface area contributed by atoms with Crippen LogP contribution in [0.2, 0.25) is 0 Å². The van der Waals surface area contributed by atoms with Gasteiger partial charge in [0.25, 0.3) is 0 Å². The van der Waals surface area contributed by atoms with Crippen LogP contribution >= 0.6 is 0 Å². The Kier molecular flexibility index (Phi) is 4.62. The molecule has 2 heterocycles. The zero-order valence-electron chi connectivity index (χ0n) is 11.9. The second-order valence-corrected chi connectivity index (χ2v) is 7.39. The van der Waals surface area contributed by atoms with Gasteiger partial charge in [-0.25, -0.2) is 19.2 Å². The van der Waals surface area contributed by atoms with Crippen molar-refractivity contribution in [3.8, 4) is 0 Å². The standard InChI is InChI=1S/C13H22N4O2S/c1-10(2)11-5-8-17(9-6-11)20(18,19)12-4-3-7-15-13(12)16-14/h3-4,7,10-11H,5-6,8-9,14H2,1-2H3,(H,15,16). The molecule has 0 aliphatic carbocycles. The lowest BCUT2D eigenvalue weighted by Gasteiger charge is -2.33. The number of pyridine rings is 1. The lowest BCUT2D eigenvalue weighted by atomic mass is 9.87. The van der Waals surface area contributed by atoms with Gasteiger partial charge in [0.15, 0.2) is 5.82 Å². The predicted octanol–water partition coefficient (Wildman–Crippen LogP) is 1.42. The highest BCUT2D eigenvalue weighted by molar-refractivity contribution is 7.89. The van der Waals surface area contributed by atoms with Crippen molar-refractivity contribution < 1.29 is 8.42 Å². The van der Waals surface area contributed by atoms with Crippen molar-refractivity contribution in [1.82, 2.24) is 9.29 Å². The molecule has 0 saturated carbocycles. The van der Waals surface area contributed by atoms with E-state index in [1.807, 2.05) is 0 Å². The molecule has 2 rings (SSSR count). The monoisotopic (exact) mass is 298 g/mol. The SMILES string of the molecule is CC(C)C1CCN(S(=O)(=O)c2cccnc2NN)CC1. The van der Waals surface area contributed by atoms with Crippen molar-refractivity contribution >= 4 is 15.8 Å². The number of hydrogen-bond acceptors (Lipinski definition) is 5. The summed E-state index contributed by atoms with van der Waals surface area (Å²) in [5, 5.41) is 0. The molecular weight excluding hydrogens is 276 g/mol. The molecule has 0 atom stereocenters. The normalized spacial score (nSPS) is 18.4. The van der Waals surface area contributed by atoms with Gasteiger partial charge in [-0.1, -0.05) is 13.8 Å². The highest BCUT2D eigenvalue weighted by atomic mass is 32.2. The molecule has 0 amide bonds. The first-order chi connectivity index (χ1) is 9.46. The van der Waals surface area contributed by atoms with E-state index >= 15 is 0 Å². The lowest BCUT2D eigenvalue weighted by Crippen LogP contribution is -2.39. The minimum Gasteiger partial charge on any atom is -0.307 e. The fraction of sp³-hybridized carbons (Fsp3) is 0.615. The summed E-state index contributed by atoms with van der Waals surface area (Å²) in [4.78, 5) is 4.10. The molecule has 1 fully saturated rings. The highest BCUT2D eigenvalue weighted by Gasteiger charge is 2.32. The first-order valence-corrected chi connectivity index (χ1v) is 8.32. The molecule has 0 aromatic carbocycles. The molecule has 112 valence electrons. The van der Waals surface area contributed by atoms with Gasteiger partial charge in [-0.2, -0.15) is 4.31 Å². The van der Waals surface area contributed by atoms with Gasteiger partial charge >= 0.3 is 0 Å². The number of aromatic nitrogens is 1. The molecule has 20 heavy (non-hydrogen) atoms. The largest absolute Gasteiger partial charge is 0.307 e. The fourth-order valence-electron chi connectivity index (χ4n) is 2.63. The van der Waals surface area contributed by atoms with E-state index in [1.54, 1.807) is 6.07 Å². The van der Waals surface area contributed by atoms with Crippen LogP contribution in [-0.4, -0.2) is 30.8 Å². The van der Waals surface area contributed by atoms with Gasteiger partial charge in [0, 0.05) is 19.3 Å². The molecule has 1 saturated heterocycles. The predicted molar refractivity (Wildman–Crippen MR) is 78.4 cm³/mol. The summed E-state index contributed by atoms with van der Waals surface area (Å²) in [6.45, 7) is 5.49. The lowest BCUT2D eigenvalue weighted by molar-refractivity contribution is 0.226. The number of sulfonamides is 1. The fourth-order valence-corrected chi connectivity index (χ4v) is 4.21. The van der Waals surface area contributed by atoms with E-state index < -0.39 is 10.0 Å². The van der Waals surface area contributed by atoms with Crippen molar-refractivity contribution in [3.63, 3.8) is 0 Å². The van der Waals surface area contributed by atoms with Crippen molar-refractivity contribution in [2.24, 2.45) is 17.7 Å². The maximum atomic E-state index is 12.6. The summed E-state index contributed by atoms with van der Waals surface area (Å²) in [5.74, 6) is 6.73. The second-order valence-electron chi connectivity index (χ2n) is 5.48. The third-order valence-electron chi connectivity index (χ3n) is 3.97. The smallest absolute Gasteiger partial charge is 0.246 e. The molecule has 0 spiro atoms. The van der Waals surface area contributed by atoms with E-state index in [4.69, 9.17) is 5.84 Å². The van der Waals surface area contributed by atoms with E-state index in [0.717, 1.165) is 12.8 Å². The van der Waals surface area contributed by atoms with Crippen molar-refractivity contribution in [2.45, 2.75) is 31.6 Å². The maximum absolute atomic E-state index is 12.6. The number of hydrazine groups is 1. The summed E-state index contributed by atoms with van der Waals surface area (Å²) in [7, 11) is -3.53. The quantitative estimate of drug-likeness (QED) is 0.648. The average molecular weight is 298 g/mol. The summed E-state index contributed by atoms with van der Waals surface area (Å²) in [6.07, 6.45) is 3.32. The van der Waals surface area contributed by atoms with E-state index in [1.165, 1.54) is 16.6 Å². The third kappa shape index (κ3) is 2.94. The zero-order chi connectivity index (χ0) is 14.8. The molecular formula is C13H22N4O2S. The van der Waals surface area contributed by atoms with Gasteiger partial charge in [0.05, 0.1) is 0 Å². The van der Waals surface area contributed by atoms with Gasteiger partial charge in [-0.05, 0) is 36.8 Å². The molecule has 1 aliphatic heterocycles. The Morgan fingerprint density at radius 3 is 2.60 bits per heavy atom. The summed E-state index contributed by atoms with van der Waals surface area (Å²) in [6, 6.07) is 3.14. The van der Waals surface area contributed by atoms with Gasteiger partial charge < -0.3 is 5.43 Å². The van der Waals surface area contributed by atoms with Gasteiger partial charge in [-0.3, -0.25) is 0 Å². The third-order valence-corrected chi connectivity index (χ3v) is 5.90. The first-order valence-electron chi connectivity index (χ1n) is 6.88. The van der Waals surface area contributed by atoms with E-state index in [0.29, 0.717) is 24.9 Å². The Hall–Kier alpha value is -1.18. The molecule has 7 heteroatoms. The first kappa shape index (κ1) is 15.2. The number of nitrogens with two attached hydrogens (primary N) is 1. The van der Waals surface area contributed by atoms with Gasteiger partial charge in [0.2, 0.25) is 10.0 Å². The van der Waals surface area contributed by atoms with Gasteiger partial charge in [-0.15, -0.1) is 0 Å². The molecule has 1 aromatic rings. The highest BCUT2D eigenvalue weighted by Crippen LogP contribution is 2.29. The van der Waals surface area contributed by atoms with Crippen LogP contribution in [0.25, 0.3) is 0 Å². The van der Waals surface area contributed by atoms with Crippen molar-refractivity contribution in [3.05, 3.63) is 18.3 Å². The number of nitrogens with one attached hydrogen (secondary N) is 1. The van der Waals surface area contributed by atoms with Crippen LogP contribution in [-0.2, 0) is 10.0 Å². The number of nitrogens with zero attached hydrogens (tertiary/aromatic N) is 2. The Morgan fingerprint density at radius 2 is 2.05 bits per heavy atom. The van der Waals surface area contributed by atoms with Crippen LogP contribution < -0.4 is 11.3 Å². The maximum Gasteiger partial charge on any atom is 0.246 e. The summed E-state index contributed by atoms with van der Waals surface area (Å²) < 4.78 is 26.8. The molecule has 0 radical (unpaired) electrons. The Labute approximate surface area is 120 Å². The number of rotatable bonds is 4. The van der Waals surface area contributed by atoms with Crippen LogP contribution in [0, 0.1) is 11.8 Å². The van der Waals surface area contributed by atoms with Crippen LogP contribution in [0.15, 0.2) is 23.2 Å². The van der Waals surface area contributed by atoms with E-state index in [9.17, 15) is 8.42 Å². The second kappa shape index (κ2) is 6.07. The van der Waals surface area contributed by atoms with Crippen molar-refractivity contribution in [2.75, 3.05) is 18.5 Å². The van der Waals surface area contributed by atoms with E-state index in [-0.39, 0.29) is 10.7 Å². The van der Waals surface area contributed by atoms with Crippen LogP contribution in [0.1, 0.15) is 26.7 Å². The summed E-state index contributed by atoms with van der Waals surface area (Å²) >= 11 is 0. The molecule has 6 nitrogen and oxygen atoms in total. The van der Waals surface area contributed by atoms with Crippen LogP contribution in [0.5, 0.6) is 0 Å². The Balaban J connectivity index is 2.20. The van der Waals surface area contributed by atoms with Crippen LogP contribution in [0.4, 0.5) is 5.82 Å². The molecule has 1 aromatic heterocycles. The molecule has 1 aliphatic rings. The average Bonchev–Trinajstić information content (AvgIpc) is 2.47. The number of nitrogen functional groups attached to an aromatic ring is 1. The van der Waals surface area contributed by atoms with Crippen LogP contribution in [0.3, 0.4) is 0 Å². The van der Waals surface area contributed by atoms with Gasteiger partial charge in [0.1, 0.15) is 4.90 Å². The molecule has 3 N–H and O–H groups in total. The minimum absolute atomic E-state index is 0.144. The Bertz CT molecular complexity index is 551. The number of anilines is 1. The van der Waals surface area contributed by atoms with E-state index in [2.05, 4.69) is 24.3 Å². The minimum atomic E-state index is -3.53. The van der Waals surface area contributed by atoms with Crippen molar-refractivity contribution in [1.29, 1.82) is 0 Å².